The molecule has 0 spiro atoms. The van der Waals surface area contributed by atoms with Crippen molar-refractivity contribution in [1.29, 1.82) is 0 Å². The van der Waals surface area contributed by atoms with Crippen LogP contribution in [0.15, 0.2) is 79.4 Å². The second-order valence-corrected chi connectivity index (χ2v) is 3.26. The number of hydrogen-bond donors (Lipinski definition) is 0. The second-order valence-electron chi connectivity index (χ2n) is 3.26. The minimum absolute atomic E-state index is 0.873. The molecule has 0 aliphatic rings. The van der Waals surface area contributed by atoms with Gasteiger partial charge in [-0.1, -0.05) is 82.1 Å². The maximum absolute atomic E-state index is 3.82. The van der Waals surface area contributed by atoms with E-state index in [2.05, 4.69) is 31.9 Å². The molecule has 17 heavy (non-hydrogen) atoms. The predicted molar refractivity (Wildman–Crippen MR) is 79.1 cm³/mol. The molecular formula is C17H22. The maximum Gasteiger partial charge on any atom is -0.00201 e. The average Bonchev–Trinajstić information content (AvgIpc) is 2.42. The van der Waals surface area contributed by atoms with Crippen LogP contribution in [0.4, 0.5) is 0 Å². The van der Waals surface area contributed by atoms with Crippen LogP contribution in [0.5, 0.6) is 0 Å². The smallest absolute Gasteiger partial charge is 0.00201 e. The summed E-state index contributed by atoms with van der Waals surface area (Å²) in [4.78, 5) is 0. The fourth-order valence-corrected chi connectivity index (χ4v) is 1.45. The zero-order valence-electron chi connectivity index (χ0n) is 10.9. The molecule has 0 bridgehead atoms. The molecule has 1 aromatic carbocycles. The summed E-state index contributed by atoms with van der Waals surface area (Å²) in [5, 5.41) is 0. The third kappa shape index (κ3) is 5.17. The van der Waals surface area contributed by atoms with E-state index in [1.54, 1.807) is 0 Å². The van der Waals surface area contributed by atoms with Crippen LogP contribution in [0.1, 0.15) is 19.4 Å². The molecule has 0 fully saturated rings. The zero-order valence-corrected chi connectivity index (χ0v) is 10.9. The van der Waals surface area contributed by atoms with Gasteiger partial charge in [-0.15, -0.1) is 0 Å². The van der Waals surface area contributed by atoms with E-state index in [0.717, 1.165) is 17.6 Å². The molecule has 0 aromatic heterocycles. The third-order valence-corrected chi connectivity index (χ3v) is 2.29. The molecule has 1 rings (SSSR count). The van der Waals surface area contributed by atoms with E-state index in [9.17, 15) is 0 Å². The Labute approximate surface area is 106 Å². The summed E-state index contributed by atoms with van der Waals surface area (Å²) in [5.74, 6) is 0. The Balaban J connectivity index is 0.00000121. The molecule has 0 unspecified atom stereocenters. The normalized spacial score (nSPS) is 8.35. The summed E-state index contributed by atoms with van der Waals surface area (Å²) in [6.07, 6.45) is 6.36. The lowest BCUT2D eigenvalue weighted by atomic mass is 10.00. The summed E-state index contributed by atoms with van der Waals surface area (Å²) in [6, 6.07) is 10.3. The Kier molecular flexibility index (Phi) is 8.40. The average molecular weight is 226 g/mol. The molecule has 0 heteroatoms. The predicted octanol–water partition coefficient (Wildman–Crippen LogP) is 5.11. The number of benzene rings is 1. The van der Waals surface area contributed by atoms with E-state index >= 15 is 0 Å². The Morgan fingerprint density at radius 3 is 1.88 bits per heavy atom. The van der Waals surface area contributed by atoms with Gasteiger partial charge in [0.2, 0.25) is 0 Å². The number of allylic oxidation sites excluding steroid dienone is 5. The van der Waals surface area contributed by atoms with Crippen molar-refractivity contribution in [3.63, 3.8) is 0 Å². The Bertz CT molecular complexity index is 370. The summed E-state index contributed by atoms with van der Waals surface area (Å²) < 4.78 is 0. The van der Waals surface area contributed by atoms with Gasteiger partial charge >= 0.3 is 0 Å². The molecule has 0 atom stereocenters. The van der Waals surface area contributed by atoms with Gasteiger partial charge in [0.05, 0.1) is 0 Å². The third-order valence-electron chi connectivity index (χ3n) is 2.29. The minimum Gasteiger partial charge on any atom is -0.0988 e. The number of rotatable bonds is 5. The highest BCUT2D eigenvalue weighted by Gasteiger charge is 1.98. The van der Waals surface area contributed by atoms with Crippen LogP contribution in [-0.2, 0) is 6.42 Å². The second kappa shape index (κ2) is 9.41. The molecule has 0 N–H and O–H groups in total. The van der Waals surface area contributed by atoms with Crippen molar-refractivity contribution in [3.05, 3.63) is 85.0 Å². The van der Waals surface area contributed by atoms with Crippen LogP contribution in [0, 0.1) is 0 Å². The Morgan fingerprint density at radius 1 is 0.941 bits per heavy atom. The molecule has 0 amide bonds. The highest BCUT2D eigenvalue weighted by molar-refractivity contribution is 5.41. The Morgan fingerprint density at radius 2 is 1.47 bits per heavy atom. The van der Waals surface area contributed by atoms with Gasteiger partial charge in [-0.05, 0) is 23.1 Å². The molecule has 0 saturated carbocycles. The van der Waals surface area contributed by atoms with Crippen molar-refractivity contribution >= 4 is 0 Å². The van der Waals surface area contributed by atoms with Gasteiger partial charge in [-0.2, -0.15) is 0 Å². The lowest BCUT2D eigenvalue weighted by Crippen LogP contribution is -1.90. The first-order valence-electron chi connectivity index (χ1n) is 5.96. The highest BCUT2D eigenvalue weighted by Crippen LogP contribution is 2.14. The maximum atomic E-state index is 3.82. The Hall–Kier alpha value is -1.82. The van der Waals surface area contributed by atoms with Crippen molar-refractivity contribution in [2.75, 3.05) is 0 Å². The van der Waals surface area contributed by atoms with E-state index in [-0.39, 0.29) is 0 Å². The van der Waals surface area contributed by atoms with Crippen molar-refractivity contribution in [3.8, 4) is 0 Å². The lowest BCUT2D eigenvalue weighted by molar-refractivity contribution is 1.18. The molecule has 90 valence electrons. The summed E-state index contributed by atoms with van der Waals surface area (Å²) in [5.41, 5.74) is 3.48. The van der Waals surface area contributed by atoms with Crippen LogP contribution < -0.4 is 0 Å². The zero-order chi connectivity index (χ0) is 13.1. The van der Waals surface area contributed by atoms with E-state index < -0.39 is 0 Å². The van der Waals surface area contributed by atoms with Gasteiger partial charge in [0.15, 0.2) is 0 Å². The molecule has 0 aliphatic carbocycles. The SMILES string of the molecule is C=CC(C=C)=C(C=C)Cc1ccccc1.CC. The van der Waals surface area contributed by atoms with E-state index in [1.807, 2.05) is 50.3 Å². The van der Waals surface area contributed by atoms with Crippen LogP contribution in [-0.4, -0.2) is 0 Å². The van der Waals surface area contributed by atoms with Crippen molar-refractivity contribution < 1.29 is 0 Å². The first kappa shape index (κ1) is 15.2. The summed E-state index contributed by atoms with van der Waals surface area (Å²) in [6.45, 7) is 15.4. The van der Waals surface area contributed by atoms with Gasteiger partial charge in [0, 0.05) is 0 Å². The van der Waals surface area contributed by atoms with E-state index in [1.165, 1.54) is 5.56 Å². The van der Waals surface area contributed by atoms with Gasteiger partial charge in [0.1, 0.15) is 0 Å². The van der Waals surface area contributed by atoms with Crippen LogP contribution in [0.3, 0.4) is 0 Å². The molecule has 1 aromatic rings. The van der Waals surface area contributed by atoms with E-state index in [4.69, 9.17) is 0 Å². The molecule has 0 nitrogen and oxygen atoms in total. The fraction of sp³-hybridized carbons (Fsp3) is 0.176. The van der Waals surface area contributed by atoms with E-state index in [0.29, 0.717) is 0 Å². The topological polar surface area (TPSA) is 0 Å². The first-order chi connectivity index (χ1) is 8.31. The van der Waals surface area contributed by atoms with Crippen LogP contribution >= 0.6 is 0 Å². The monoisotopic (exact) mass is 226 g/mol. The minimum atomic E-state index is 0.873. The standard InChI is InChI=1S/C15H16.C2H6/c1-4-14(5-2)15(6-3)12-13-10-8-7-9-11-13;1-2/h4-11H,1-3,12H2;1-2H3. The van der Waals surface area contributed by atoms with Gasteiger partial charge < -0.3 is 0 Å². The first-order valence-corrected chi connectivity index (χ1v) is 5.96. The van der Waals surface area contributed by atoms with Crippen molar-refractivity contribution in [2.45, 2.75) is 20.3 Å². The summed E-state index contributed by atoms with van der Waals surface area (Å²) >= 11 is 0. The van der Waals surface area contributed by atoms with Gasteiger partial charge in [0.25, 0.3) is 0 Å². The quantitative estimate of drug-likeness (QED) is 0.612. The largest absolute Gasteiger partial charge is 0.0988 e. The molecule has 0 aliphatic heterocycles. The number of hydrogen-bond acceptors (Lipinski definition) is 0. The fourth-order valence-electron chi connectivity index (χ4n) is 1.45. The van der Waals surface area contributed by atoms with Crippen LogP contribution in [0.2, 0.25) is 0 Å². The van der Waals surface area contributed by atoms with Gasteiger partial charge in [-0.3, -0.25) is 0 Å². The summed E-state index contributed by atoms with van der Waals surface area (Å²) in [7, 11) is 0. The van der Waals surface area contributed by atoms with Gasteiger partial charge in [-0.25, -0.2) is 0 Å². The molecule has 0 heterocycles. The lowest BCUT2D eigenvalue weighted by Gasteiger charge is -2.05. The highest BCUT2D eigenvalue weighted by atomic mass is 14.0. The van der Waals surface area contributed by atoms with Crippen LogP contribution in [0.25, 0.3) is 0 Å². The van der Waals surface area contributed by atoms with Crippen molar-refractivity contribution in [1.82, 2.24) is 0 Å². The molecule has 0 radical (unpaired) electrons. The molecule has 0 saturated heterocycles. The van der Waals surface area contributed by atoms with Crippen molar-refractivity contribution in [2.24, 2.45) is 0 Å². The molecular weight excluding hydrogens is 204 g/mol.